The van der Waals surface area contributed by atoms with Crippen LogP contribution in [-0.2, 0) is 0 Å². The first-order valence-electron chi connectivity index (χ1n) is 6.32. The fourth-order valence-corrected chi connectivity index (χ4v) is 1.77. The average Bonchev–Trinajstić information content (AvgIpc) is 2.49. The smallest absolute Gasteiger partial charge is 0.267 e. The third-order valence-corrected chi connectivity index (χ3v) is 2.93. The summed E-state index contributed by atoms with van der Waals surface area (Å²) in [6, 6.07) is 10.1. The van der Waals surface area contributed by atoms with Crippen molar-refractivity contribution in [2.45, 2.75) is 6.92 Å². The highest BCUT2D eigenvalue weighted by atomic mass is 19.1. The van der Waals surface area contributed by atoms with Crippen molar-refractivity contribution < 1.29 is 14.1 Å². The van der Waals surface area contributed by atoms with Crippen LogP contribution in [0.5, 0.6) is 0 Å². The van der Waals surface area contributed by atoms with Crippen molar-refractivity contribution in [2.75, 3.05) is 0 Å². The van der Waals surface area contributed by atoms with Gasteiger partial charge in [-0.25, -0.2) is 9.82 Å². The van der Waals surface area contributed by atoms with E-state index in [0.717, 1.165) is 0 Å². The minimum Gasteiger partial charge on any atom is -0.267 e. The number of nitro benzene ring substituents is 1. The van der Waals surface area contributed by atoms with Gasteiger partial charge < -0.3 is 0 Å². The Kier molecular flexibility index (Phi) is 4.57. The number of nitrogens with zero attached hydrogens (tertiary/aromatic N) is 2. The van der Waals surface area contributed by atoms with Crippen LogP contribution in [-0.4, -0.2) is 17.0 Å². The second kappa shape index (κ2) is 6.57. The molecule has 7 heteroatoms. The van der Waals surface area contributed by atoms with Gasteiger partial charge in [0.1, 0.15) is 5.82 Å². The van der Waals surface area contributed by atoms with Crippen LogP contribution in [0.25, 0.3) is 0 Å². The molecule has 22 heavy (non-hydrogen) atoms. The van der Waals surface area contributed by atoms with Crippen LogP contribution in [0.1, 0.15) is 21.5 Å². The first-order chi connectivity index (χ1) is 10.5. The van der Waals surface area contributed by atoms with Gasteiger partial charge in [-0.3, -0.25) is 14.9 Å². The number of amides is 1. The lowest BCUT2D eigenvalue weighted by atomic mass is 10.1. The molecule has 0 radical (unpaired) electrons. The zero-order valence-electron chi connectivity index (χ0n) is 11.6. The van der Waals surface area contributed by atoms with Gasteiger partial charge in [-0.15, -0.1) is 0 Å². The van der Waals surface area contributed by atoms with Gasteiger partial charge in [-0.05, 0) is 19.1 Å². The van der Waals surface area contributed by atoms with E-state index < -0.39 is 16.6 Å². The summed E-state index contributed by atoms with van der Waals surface area (Å²) in [4.78, 5) is 22.0. The molecule has 0 aromatic heterocycles. The average molecular weight is 301 g/mol. The first-order valence-corrected chi connectivity index (χ1v) is 6.32. The Balaban J connectivity index is 2.10. The molecule has 2 rings (SSSR count). The molecule has 112 valence electrons. The summed E-state index contributed by atoms with van der Waals surface area (Å²) < 4.78 is 13.4. The molecular weight excluding hydrogens is 289 g/mol. The number of hydrazone groups is 1. The molecule has 0 saturated heterocycles. The zero-order valence-corrected chi connectivity index (χ0v) is 11.6. The summed E-state index contributed by atoms with van der Waals surface area (Å²) in [5.41, 5.74) is 2.98. The highest BCUT2D eigenvalue weighted by molar-refractivity contribution is 5.95. The number of nitro groups is 1. The predicted octanol–water partition coefficient (Wildman–Crippen LogP) is 2.81. The van der Waals surface area contributed by atoms with Gasteiger partial charge in [0.25, 0.3) is 11.6 Å². The van der Waals surface area contributed by atoms with E-state index in [2.05, 4.69) is 10.5 Å². The van der Waals surface area contributed by atoms with E-state index in [1.165, 1.54) is 36.5 Å². The molecule has 0 aliphatic rings. The maximum Gasteiger partial charge on any atom is 0.274 e. The monoisotopic (exact) mass is 301 g/mol. The van der Waals surface area contributed by atoms with Gasteiger partial charge in [0, 0.05) is 17.2 Å². The van der Waals surface area contributed by atoms with Gasteiger partial charge in [-0.1, -0.05) is 24.3 Å². The molecular formula is C15H12FN3O3. The minimum absolute atomic E-state index is 0.0376. The van der Waals surface area contributed by atoms with Crippen LogP contribution in [0.15, 0.2) is 47.6 Å². The molecule has 2 aromatic carbocycles. The van der Waals surface area contributed by atoms with Crippen molar-refractivity contribution >= 4 is 17.8 Å². The van der Waals surface area contributed by atoms with Gasteiger partial charge in [-0.2, -0.15) is 5.10 Å². The normalized spacial score (nSPS) is 10.6. The molecule has 0 aliphatic heterocycles. The van der Waals surface area contributed by atoms with Crippen LogP contribution < -0.4 is 5.43 Å². The van der Waals surface area contributed by atoms with Crippen molar-refractivity contribution in [1.82, 2.24) is 5.43 Å². The molecule has 0 atom stereocenters. The highest BCUT2D eigenvalue weighted by Crippen LogP contribution is 2.18. The molecule has 6 nitrogen and oxygen atoms in total. The Morgan fingerprint density at radius 1 is 1.32 bits per heavy atom. The number of hydrogen-bond donors (Lipinski definition) is 1. The largest absolute Gasteiger partial charge is 0.274 e. The number of carbonyl (C=O) groups excluding carboxylic acids is 1. The van der Waals surface area contributed by atoms with Crippen LogP contribution in [0.2, 0.25) is 0 Å². The number of halogens is 1. The lowest BCUT2D eigenvalue weighted by Crippen LogP contribution is -2.18. The Labute approximate surface area is 125 Å². The van der Waals surface area contributed by atoms with E-state index in [9.17, 15) is 19.3 Å². The van der Waals surface area contributed by atoms with E-state index >= 15 is 0 Å². The van der Waals surface area contributed by atoms with E-state index in [0.29, 0.717) is 11.1 Å². The van der Waals surface area contributed by atoms with Crippen molar-refractivity contribution in [1.29, 1.82) is 0 Å². The van der Waals surface area contributed by atoms with E-state index in [4.69, 9.17) is 0 Å². The second-order valence-corrected chi connectivity index (χ2v) is 4.48. The summed E-state index contributed by atoms with van der Waals surface area (Å²) in [5, 5.41) is 14.5. The van der Waals surface area contributed by atoms with Crippen molar-refractivity contribution in [3.63, 3.8) is 0 Å². The summed E-state index contributed by atoms with van der Waals surface area (Å²) in [7, 11) is 0. The molecule has 0 spiro atoms. The van der Waals surface area contributed by atoms with Gasteiger partial charge in [0.15, 0.2) is 0 Å². The van der Waals surface area contributed by atoms with Gasteiger partial charge in [0.2, 0.25) is 0 Å². The zero-order chi connectivity index (χ0) is 16.1. The first kappa shape index (κ1) is 15.3. The molecule has 1 amide bonds. The predicted molar refractivity (Wildman–Crippen MR) is 79.3 cm³/mol. The summed E-state index contributed by atoms with van der Waals surface area (Å²) in [6.45, 7) is 1.62. The molecule has 1 N–H and O–H groups in total. The van der Waals surface area contributed by atoms with E-state index in [1.54, 1.807) is 19.1 Å². The van der Waals surface area contributed by atoms with Gasteiger partial charge >= 0.3 is 0 Å². The Morgan fingerprint density at radius 3 is 2.73 bits per heavy atom. The molecule has 0 heterocycles. The van der Waals surface area contributed by atoms with E-state index in [-0.39, 0.29) is 11.3 Å². The summed E-state index contributed by atoms with van der Waals surface area (Å²) in [5.74, 6) is -1.35. The maximum absolute atomic E-state index is 13.4. The summed E-state index contributed by atoms with van der Waals surface area (Å²) >= 11 is 0. The Bertz CT molecular complexity index is 759. The number of nitrogens with one attached hydrogen (secondary N) is 1. The standard InChI is InChI=1S/C15H12FN3O3/c1-10-6-7-11(8-14(10)19(21)22)9-17-18-15(20)12-4-2-3-5-13(12)16/h2-9H,1H3,(H,18,20)/b17-9-. The Hall–Kier alpha value is -3.09. The quantitative estimate of drug-likeness (QED) is 0.535. The van der Waals surface area contributed by atoms with E-state index in [1.807, 2.05) is 0 Å². The number of benzene rings is 2. The highest BCUT2D eigenvalue weighted by Gasteiger charge is 2.11. The molecule has 0 saturated carbocycles. The molecule has 2 aromatic rings. The second-order valence-electron chi connectivity index (χ2n) is 4.48. The van der Waals surface area contributed by atoms with Crippen LogP contribution in [0.3, 0.4) is 0 Å². The number of carbonyl (C=O) groups is 1. The van der Waals surface area contributed by atoms with Crippen LogP contribution in [0, 0.1) is 22.9 Å². The third-order valence-electron chi connectivity index (χ3n) is 2.93. The number of rotatable bonds is 4. The van der Waals surface area contributed by atoms with Crippen molar-refractivity contribution in [3.05, 3.63) is 75.1 Å². The fourth-order valence-electron chi connectivity index (χ4n) is 1.77. The molecule has 0 unspecified atom stereocenters. The summed E-state index contributed by atoms with van der Waals surface area (Å²) in [6.07, 6.45) is 1.26. The van der Waals surface area contributed by atoms with Crippen molar-refractivity contribution in [3.8, 4) is 0 Å². The number of aryl methyl sites for hydroxylation is 1. The third kappa shape index (κ3) is 3.51. The molecule has 0 bridgehead atoms. The lowest BCUT2D eigenvalue weighted by molar-refractivity contribution is -0.385. The van der Waals surface area contributed by atoms with Crippen LogP contribution >= 0.6 is 0 Å². The number of hydrogen-bond acceptors (Lipinski definition) is 4. The lowest BCUT2D eigenvalue weighted by Gasteiger charge is -2.01. The minimum atomic E-state index is -0.698. The fraction of sp³-hybridized carbons (Fsp3) is 0.0667. The Morgan fingerprint density at radius 2 is 2.05 bits per heavy atom. The SMILES string of the molecule is Cc1ccc(/C=N\NC(=O)c2ccccc2F)cc1[N+](=O)[O-]. The maximum atomic E-state index is 13.4. The topological polar surface area (TPSA) is 84.6 Å². The van der Waals surface area contributed by atoms with Gasteiger partial charge in [0.05, 0.1) is 16.7 Å². The molecule has 0 fully saturated rings. The van der Waals surface area contributed by atoms with Crippen molar-refractivity contribution in [2.24, 2.45) is 5.10 Å². The van der Waals surface area contributed by atoms with Crippen LogP contribution in [0.4, 0.5) is 10.1 Å². The molecule has 0 aliphatic carbocycles.